The standard InChI is InChI=1S/C20H17ClO4S2/c1-13-2-4-18(5-3-13)27(22,23)24-11-17-9-15-8-16(21)10-19(20(15)25-17)14-6-7-26-12-14/h2-8,10,12,17H,9,11H2,1H3. The predicted molar refractivity (Wildman–Crippen MR) is 107 cm³/mol. The summed E-state index contributed by atoms with van der Waals surface area (Å²) in [5, 5.41) is 4.65. The highest BCUT2D eigenvalue weighted by molar-refractivity contribution is 7.86. The summed E-state index contributed by atoms with van der Waals surface area (Å²) < 4.78 is 36.0. The van der Waals surface area contributed by atoms with E-state index in [2.05, 4.69) is 0 Å². The fourth-order valence-electron chi connectivity index (χ4n) is 3.06. The summed E-state index contributed by atoms with van der Waals surface area (Å²) in [6.07, 6.45) is 0.173. The summed E-state index contributed by atoms with van der Waals surface area (Å²) in [4.78, 5) is 0.144. The molecule has 7 heteroatoms. The summed E-state index contributed by atoms with van der Waals surface area (Å²) >= 11 is 7.85. The van der Waals surface area contributed by atoms with Crippen LogP contribution in [-0.4, -0.2) is 21.1 Å². The van der Waals surface area contributed by atoms with E-state index < -0.39 is 10.1 Å². The van der Waals surface area contributed by atoms with E-state index in [-0.39, 0.29) is 17.6 Å². The van der Waals surface area contributed by atoms with E-state index in [1.54, 1.807) is 35.6 Å². The average Bonchev–Trinajstić information content (AvgIpc) is 3.29. The molecule has 140 valence electrons. The van der Waals surface area contributed by atoms with Crippen molar-refractivity contribution >= 4 is 33.1 Å². The number of rotatable bonds is 5. The molecule has 1 unspecified atom stereocenters. The number of benzene rings is 2. The number of fused-ring (bicyclic) bond motifs is 1. The maximum absolute atomic E-state index is 12.4. The normalized spacial score (nSPS) is 16.1. The molecule has 0 spiro atoms. The van der Waals surface area contributed by atoms with Crippen molar-refractivity contribution in [3.8, 4) is 16.9 Å². The second-order valence-corrected chi connectivity index (χ2v) is 9.28. The molecule has 0 bridgehead atoms. The summed E-state index contributed by atoms with van der Waals surface area (Å²) in [6.45, 7) is 1.85. The van der Waals surface area contributed by atoms with Crippen LogP contribution in [0.1, 0.15) is 11.1 Å². The first kappa shape index (κ1) is 18.5. The predicted octanol–water partition coefficient (Wildman–Crippen LogP) is 5.09. The number of thiophene rings is 1. The molecule has 1 atom stereocenters. The second-order valence-electron chi connectivity index (χ2n) is 6.45. The monoisotopic (exact) mass is 420 g/mol. The number of aryl methyl sites for hydroxylation is 1. The first-order valence-corrected chi connectivity index (χ1v) is 11.1. The lowest BCUT2D eigenvalue weighted by Gasteiger charge is -2.13. The molecule has 4 rings (SSSR count). The van der Waals surface area contributed by atoms with Gasteiger partial charge in [0.1, 0.15) is 18.5 Å². The zero-order valence-corrected chi connectivity index (χ0v) is 16.9. The van der Waals surface area contributed by atoms with Crippen molar-refractivity contribution in [2.45, 2.75) is 24.3 Å². The molecule has 0 fully saturated rings. The molecule has 0 amide bonds. The highest BCUT2D eigenvalue weighted by atomic mass is 35.5. The molecule has 0 aliphatic carbocycles. The van der Waals surface area contributed by atoms with Crippen molar-refractivity contribution in [3.63, 3.8) is 0 Å². The van der Waals surface area contributed by atoms with Gasteiger partial charge in [-0.3, -0.25) is 4.18 Å². The zero-order chi connectivity index (χ0) is 19.0. The number of halogens is 1. The topological polar surface area (TPSA) is 52.6 Å². The molecule has 1 aromatic heterocycles. The first-order chi connectivity index (χ1) is 12.9. The van der Waals surface area contributed by atoms with E-state index in [0.717, 1.165) is 28.0 Å². The van der Waals surface area contributed by atoms with Crippen LogP contribution in [-0.2, 0) is 20.7 Å². The van der Waals surface area contributed by atoms with Crippen LogP contribution in [0.15, 0.2) is 58.1 Å². The Kier molecular flexibility index (Phi) is 4.99. The lowest BCUT2D eigenvalue weighted by atomic mass is 10.0. The molecular weight excluding hydrogens is 404 g/mol. The molecular formula is C20H17ClO4S2. The number of ether oxygens (including phenoxy) is 1. The third kappa shape index (κ3) is 3.89. The fraction of sp³-hybridized carbons (Fsp3) is 0.200. The van der Waals surface area contributed by atoms with Gasteiger partial charge in [-0.1, -0.05) is 29.3 Å². The highest BCUT2D eigenvalue weighted by Crippen LogP contribution is 2.41. The van der Waals surface area contributed by atoms with E-state index >= 15 is 0 Å². The molecule has 4 nitrogen and oxygen atoms in total. The molecule has 0 saturated carbocycles. The van der Waals surface area contributed by atoms with Crippen LogP contribution >= 0.6 is 22.9 Å². The Morgan fingerprint density at radius 1 is 1.22 bits per heavy atom. The van der Waals surface area contributed by atoms with Gasteiger partial charge in [-0.05, 0) is 53.6 Å². The molecule has 3 aromatic rings. The Labute approximate surface area is 167 Å². The molecule has 0 saturated heterocycles. The van der Waals surface area contributed by atoms with Gasteiger partial charge in [0, 0.05) is 22.6 Å². The molecule has 0 radical (unpaired) electrons. The van der Waals surface area contributed by atoms with Gasteiger partial charge in [0.05, 0.1) is 4.90 Å². The van der Waals surface area contributed by atoms with Crippen LogP contribution in [0.4, 0.5) is 0 Å². The maximum atomic E-state index is 12.4. The van der Waals surface area contributed by atoms with Crippen molar-refractivity contribution in [2.75, 3.05) is 6.61 Å². The van der Waals surface area contributed by atoms with Crippen molar-refractivity contribution in [1.29, 1.82) is 0 Å². The summed E-state index contributed by atoms with van der Waals surface area (Å²) in [5.41, 5.74) is 3.90. The minimum absolute atomic E-state index is 0.0500. The van der Waals surface area contributed by atoms with Crippen LogP contribution in [0.2, 0.25) is 5.02 Å². The Morgan fingerprint density at radius 2 is 2.00 bits per heavy atom. The molecule has 2 aromatic carbocycles. The smallest absolute Gasteiger partial charge is 0.297 e. The Hall–Kier alpha value is -1.86. The number of hydrogen-bond acceptors (Lipinski definition) is 5. The first-order valence-electron chi connectivity index (χ1n) is 8.40. The van der Waals surface area contributed by atoms with Crippen molar-refractivity contribution < 1.29 is 17.3 Å². The van der Waals surface area contributed by atoms with Crippen LogP contribution in [0.5, 0.6) is 5.75 Å². The Morgan fingerprint density at radius 3 is 2.70 bits per heavy atom. The molecule has 27 heavy (non-hydrogen) atoms. The van der Waals surface area contributed by atoms with Crippen LogP contribution in [0, 0.1) is 6.92 Å². The Bertz CT molecular complexity index is 1060. The minimum Gasteiger partial charge on any atom is -0.487 e. The van der Waals surface area contributed by atoms with Gasteiger partial charge in [0.25, 0.3) is 10.1 Å². The molecule has 1 aliphatic heterocycles. The van der Waals surface area contributed by atoms with E-state index in [4.69, 9.17) is 20.5 Å². The van der Waals surface area contributed by atoms with Gasteiger partial charge in [0.2, 0.25) is 0 Å². The summed E-state index contributed by atoms with van der Waals surface area (Å²) in [7, 11) is -3.82. The second kappa shape index (κ2) is 7.28. The average molecular weight is 421 g/mol. The lowest BCUT2D eigenvalue weighted by molar-refractivity contribution is 0.152. The van der Waals surface area contributed by atoms with Gasteiger partial charge in [-0.15, -0.1) is 0 Å². The van der Waals surface area contributed by atoms with Crippen LogP contribution < -0.4 is 4.74 Å². The molecule has 2 heterocycles. The van der Waals surface area contributed by atoms with Crippen molar-refractivity contribution in [2.24, 2.45) is 0 Å². The quantitative estimate of drug-likeness (QED) is 0.540. The lowest BCUT2D eigenvalue weighted by Crippen LogP contribution is -2.23. The van der Waals surface area contributed by atoms with Gasteiger partial charge in [-0.2, -0.15) is 19.8 Å². The number of hydrogen-bond donors (Lipinski definition) is 0. The van der Waals surface area contributed by atoms with E-state index in [1.165, 1.54) is 0 Å². The third-order valence-electron chi connectivity index (χ3n) is 4.41. The van der Waals surface area contributed by atoms with Crippen LogP contribution in [0.3, 0.4) is 0 Å². The van der Waals surface area contributed by atoms with E-state index in [1.807, 2.05) is 35.9 Å². The van der Waals surface area contributed by atoms with E-state index in [0.29, 0.717) is 11.4 Å². The fourth-order valence-corrected chi connectivity index (χ4v) is 4.89. The molecule has 1 aliphatic rings. The van der Waals surface area contributed by atoms with Gasteiger partial charge >= 0.3 is 0 Å². The molecule has 0 N–H and O–H groups in total. The van der Waals surface area contributed by atoms with E-state index in [9.17, 15) is 8.42 Å². The third-order valence-corrected chi connectivity index (χ3v) is 6.61. The van der Waals surface area contributed by atoms with Gasteiger partial charge in [0.15, 0.2) is 0 Å². The van der Waals surface area contributed by atoms with Gasteiger partial charge < -0.3 is 4.74 Å². The largest absolute Gasteiger partial charge is 0.487 e. The highest BCUT2D eigenvalue weighted by Gasteiger charge is 2.29. The Balaban J connectivity index is 1.51. The van der Waals surface area contributed by atoms with Gasteiger partial charge in [-0.25, -0.2) is 0 Å². The maximum Gasteiger partial charge on any atom is 0.297 e. The zero-order valence-electron chi connectivity index (χ0n) is 14.5. The van der Waals surface area contributed by atoms with Crippen molar-refractivity contribution in [1.82, 2.24) is 0 Å². The summed E-state index contributed by atoms with van der Waals surface area (Å²) in [5.74, 6) is 0.749. The summed E-state index contributed by atoms with van der Waals surface area (Å²) in [6, 6.07) is 12.3. The van der Waals surface area contributed by atoms with Crippen molar-refractivity contribution in [3.05, 3.63) is 69.4 Å². The SMILES string of the molecule is Cc1ccc(S(=O)(=O)OCC2Cc3cc(Cl)cc(-c4ccsc4)c3O2)cc1. The minimum atomic E-state index is -3.82. The van der Waals surface area contributed by atoms with Crippen LogP contribution in [0.25, 0.3) is 11.1 Å².